The number of hydrazone groups is 1. The van der Waals surface area contributed by atoms with Crippen LogP contribution in [0.1, 0.15) is 33.6 Å². The molecular formula is C18H19F3N2O. The monoisotopic (exact) mass is 336 g/mol. The molecule has 0 aromatic heterocycles. The fourth-order valence-corrected chi connectivity index (χ4v) is 3.72. The first kappa shape index (κ1) is 16.7. The Hall–Kier alpha value is -2.11. The average Bonchev–Trinajstić information content (AvgIpc) is 2.76. The summed E-state index contributed by atoms with van der Waals surface area (Å²) in [5.41, 5.74) is 0.654. The van der Waals surface area contributed by atoms with Gasteiger partial charge in [0.05, 0.1) is 17.3 Å². The summed E-state index contributed by atoms with van der Waals surface area (Å²) < 4.78 is 41.3. The predicted molar refractivity (Wildman–Crippen MR) is 86.6 cm³/mol. The lowest BCUT2D eigenvalue weighted by Gasteiger charge is -2.41. The molecule has 6 heteroatoms. The van der Waals surface area contributed by atoms with Gasteiger partial charge < -0.3 is 0 Å². The van der Waals surface area contributed by atoms with Crippen molar-refractivity contribution < 1.29 is 18.0 Å². The number of anilines is 1. The third kappa shape index (κ3) is 2.36. The number of alkyl halides is 3. The molecule has 0 radical (unpaired) electrons. The normalized spacial score (nSPS) is 27.9. The molecule has 0 bridgehead atoms. The standard InChI is InChI=1S/C18H19F3N2O/c1-11-9-15(18(19,20)21)17(10-12(11)2)13(3)22-23(16(17)24)14-7-5-4-6-8-14/h4-8,15H,9-10H2,1-3H3. The Balaban J connectivity index is 2.11. The first-order chi connectivity index (χ1) is 11.2. The highest BCUT2D eigenvalue weighted by Crippen LogP contribution is 2.55. The van der Waals surface area contributed by atoms with Crippen molar-refractivity contribution in [1.29, 1.82) is 0 Å². The van der Waals surface area contributed by atoms with Crippen LogP contribution in [0, 0.1) is 11.3 Å². The van der Waals surface area contributed by atoms with Crippen LogP contribution in [0.5, 0.6) is 0 Å². The first-order valence-electron chi connectivity index (χ1n) is 7.85. The number of benzene rings is 1. The number of para-hydroxylation sites is 1. The Morgan fingerprint density at radius 3 is 2.33 bits per heavy atom. The van der Waals surface area contributed by atoms with Gasteiger partial charge in [0.2, 0.25) is 0 Å². The molecule has 1 aliphatic carbocycles. The Bertz CT molecular complexity index is 736. The average molecular weight is 336 g/mol. The summed E-state index contributed by atoms with van der Waals surface area (Å²) in [4.78, 5) is 13.1. The quantitative estimate of drug-likeness (QED) is 0.684. The maximum absolute atomic E-state index is 13.8. The van der Waals surface area contributed by atoms with Crippen LogP contribution < -0.4 is 5.01 Å². The number of halogens is 3. The van der Waals surface area contributed by atoms with E-state index in [0.29, 0.717) is 11.3 Å². The molecule has 1 aromatic rings. The Kier molecular flexibility index (Phi) is 3.81. The minimum atomic E-state index is -4.46. The lowest BCUT2D eigenvalue weighted by atomic mass is 9.62. The third-order valence-corrected chi connectivity index (χ3v) is 5.24. The van der Waals surface area contributed by atoms with Gasteiger partial charge in [0.25, 0.3) is 5.91 Å². The van der Waals surface area contributed by atoms with Gasteiger partial charge in [-0.15, -0.1) is 0 Å². The van der Waals surface area contributed by atoms with Crippen LogP contribution in [-0.4, -0.2) is 17.8 Å². The molecule has 2 aliphatic rings. The maximum Gasteiger partial charge on any atom is 0.393 e. The second kappa shape index (κ2) is 5.46. The van der Waals surface area contributed by atoms with Crippen molar-refractivity contribution in [1.82, 2.24) is 0 Å². The largest absolute Gasteiger partial charge is 0.393 e. The SMILES string of the molecule is CC1=NN(c2ccccc2)C(=O)C12CC(C)=C(C)CC2C(F)(F)F. The second-order valence-corrected chi connectivity index (χ2v) is 6.65. The number of carbonyl (C=O) groups excluding carboxylic acids is 1. The van der Waals surface area contributed by atoms with E-state index in [1.54, 1.807) is 44.2 Å². The smallest absolute Gasteiger partial charge is 0.271 e. The number of nitrogens with zero attached hydrogens (tertiary/aromatic N) is 2. The Morgan fingerprint density at radius 2 is 1.75 bits per heavy atom. The van der Waals surface area contributed by atoms with Crippen LogP contribution in [0.25, 0.3) is 0 Å². The molecule has 1 spiro atoms. The molecule has 0 saturated carbocycles. The van der Waals surface area contributed by atoms with Crippen LogP contribution >= 0.6 is 0 Å². The van der Waals surface area contributed by atoms with Crippen molar-refractivity contribution in [2.45, 2.75) is 39.8 Å². The minimum absolute atomic E-state index is 0.0700. The van der Waals surface area contributed by atoms with Gasteiger partial charge in [-0.05, 0) is 45.7 Å². The van der Waals surface area contributed by atoms with Crippen molar-refractivity contribution in [3.05, 3.63) is 41.5 Å². The molecule has 0 fully saturated rings. The predicted octanol–water partition coefficient (Wildman–Crippen LogP) is 4.70. The van der Waals surface area contributed by atoms with E-state index in [2.05, 4.69) is 5.10 Å². The van der Waals surface area contributed by atoms with E-state index in [0.717, 1.165) is 10.6 Å². The van der Waals surface area contributed by atoms with Crippen molar-refractivity contribution in [3.8, 4) is 0 Å². The topological polar surface area (TPSA) is 32.7 Å². The molecule has 1 aromatic carbocycles. The number of rotatable bonds is 1. The van der Waals surface area contributed by atoms with E-state index >= 15 is 0 Å². The number of hydrogen-bond donors (Lipinski definition) is 0. The molecular weight excluding hydrogens is 317 g/mol. The van der Waals surface area contributed by atoms with Crippen LogP contribution in [0.15, 0.2) is 46.6 Å². The molecule has 2 unspecified atom stereocenters. The third-order valence-electron chi connectivity index (χ3n) is 5.24. The summed E-state index contributed by atoms with van der Waals surface area (Å²) in [6.07, 6.45) is -4.54. The maximum atomic E-state index is 13.8. The summed E-state index contributed by atoms with van der Waals surface area (Å²) in [5.74, 6) is -2.32. The molecule has 24 heavy (non-hydrogen) atoms. The first-order valence-corrected chi connectivity index (χ1v) is 7.85. The second-order valence-electron chi connectivity index (χ2n) is 6.65. The van der Waals surface area contributed by atoms with Crippen LogP contribution in [-0.2, 0) is 4.79 Å². The van der Waals surface area contributed by atoms with Crippen molar-refractivity contribution in [3.63, 3.8) is 0 Å². The zero-order valence-electron chi connectivity index (χ0n) is 13.8. The molecule has 0 N–H and O–H groups in total. The zero-order valence-corrected chi connectivity index (χ0v) is 13.8. The molecule has 2 atom stereocenters. The van der Waals surface area contributed by atoms with Crippen molar-refractivity contribution >= 4 is 17.3 Å². The molecule has 1 aliphatic heterocycles. The lowest BCUT2D eigenvalue weighted by molar-refractivity contribution is -0.199. The van der Waals surface area contributed by atoms with Crippen LogP contribution in [0.2, 0.25) is 0 Å². The van der Waals surface area contributed by atoms with E-state index < -0.39 is 23.4 Å². The van der Waals surface area contributed by atoms with Gasteiger partial charge in [-0.3, -0.25) is 4.79 Å². The van der Waals surface area contributed by atoms with Gasteiger partial charge in [-0.2, -0.15) is 23.3 Å². The molecule has 1 heterocycles. The summed E-state index contributed by atoms with van der Waals surface area (Å²) in [5, 5.41) is 5.34. The van der Waals surface area contributed by atoms with E-state index in [4.69, 9.17) is 0 Å². The van der Waals surface area contributed by atoms with Crippen LogP contribution in [0.3, 0.4) is 0 Å². The lowest BCUT2D eigenvalue weighted by Crippen LogP contribution is -2.52. The van der Waals surface area contributed by atoms with E-state index in [1.807, 2.05) is 0 Å². The zero-order chi connectivity index (χ0) is 17.7. The number of hydrogen-bond acceptors (Lipinski definition) is 2. The number of carbonyl (C=O) groups is 1. The fourth-order valence-electron chi connectivity index (χ4n) is 3.72. The highest BCUT2D eigenvalue weighted by Gasteiger charge is 2.64. The van der Waals surface area contributed by atoms with Crippen molar-refractivity contribution in [2.75, 3.05) is 5.01 Å². The number of allylic oxidation sites excluding steroid dienone is 2. The Morgan fingerprint density at radius 1 is 1.12 bits per heavy atom. The van der Waals surface area contributed by atoms with E-state index in [-0.39, 0.29) is 18.6 Å². The Labute approximate surface area is 138 Å². The van der Waals surface area contributed by atoms with E-state index in [9.17, 15) is 18.0 Å². The summed E-state index contributed by atoms with van der Waals surface area (Å²) in [7, 11) is 0. The highest BCUT2D eigenvalue weighted by molar-refractivity contribution is 6.19. The summed E-state index contributed by atoms with van der Waals surface area (Å²) in [6, 6.07) is 8.59. The van der Waals surface area contributed by atoms with Gasteiger partial charge in [0, 0.05) is 0 Å². The van der Waals surface area contributed by atoms with E-state index in [1.165, 1.54) is 6.92 Å². The summed E-state index contributed by atoms with van der Waals surface area (Å²) in [6.45, 7) is 5.05. The molecule has 3 nitrogen and oxygen atoms in total. The minimum Gasteiger partial charge on any atom is -0.271 e. The molecule has 1 amide bonds. The van der Waals surface area contributed by atoms with Crippen LogP contribution in [0.4, 0.5) is 18.9 Å². The highest BCUT2D eigenvalue weighted by atomic mass is 19.4. The fraction of sp³-hybridized carbons (Fsp3) is 0.444. The van der Waals surface area contributed by atoms with Gasteiger partial charge in [0.15, 0.2) is 0 Å². The van der Waals surface area contributed by atoms with Gasteiger partial charge in [-0.1, -0.05) is 29.3 Å². The van der Waals surface area contributed by atoms with Crippen molar-refractivity contribution in [2.24, 2.45) is 16.4 Å². The molecule has 128 valence electrons. The van der Waals surface area contributed by atoms with Gasteiger partial charge in [-0.25, -0.2) is 0 Å². The summed E-state index contributed by atoms with van der Waals surface area (Å²) >= 11 is 0. The molecule has 3 rings (SSSR count). The number of amides is 1. The molecule has 0 saturated heterocycles. The van der Waals surface area contributed by atoms with Gasteiger partial charge in [0.1, 0.15) is 5.41 Å². The van der Waals surface area contributed by atoms with Gasteiger partial charge >= 0.3 is 6.18 Å².